The summed E-state index contributed by atoms with van der Waals surface area (Å²) in [6, 6.07) is 13.4. The minimum atomic E-state index is -4.24. The van der Waals surface area contributed by atoms with E-state index in [-0.39, 0.29) is 21.8 Å². The van der Waals surface area contributed by atoms with Crippen LogP contribution < -0.4 is 9.64 Å². The lowest BCUT2D eigenvalue weighted by atomic mass is 10.1. The topological polar surface area (TPSA) is 63.7 Å². The van der Waals surface area contributed by atoms with Crippen molar-refractivity contribution in [2.24, 2.45) is 0 Å². The van der Waals surface area contributed by atoms with Crippen LogP contribution in [0.2, 0.25) is 0 Å². The van der Waals surface area contributed by atoms with Crippen molar-refractivity contribution >= 4 is 27.0 Å². The summed E-state index contributed by atoms with van der Waals surface area (Å²) in [6.07, 6.45) is 1.10. The fourth-order valence-corrected chi connectivity index (χ4v) is 4.81. The molecule has 1 aliphatic rings. The maximum Gasteiger partial charge on any atom is 0.214 e. The Morgan fingerprint density at radius 1 is 0.968 bits per heavy atom. The molecule has 31 heavy (non-hydrogen) atoms. The first-order valence-electron chi connectivity index (χ1n) is 9.23. The van der Waals surface area contributed by atoms with E-state index in [1.54, 1.807) is 25.1 Å². The number of nitrogens with zero attached hydrogens (tertiary/aromatic N) is 1. The summed E-state index contributed by atoms with van der Waals surface area (Å²) in [7, 11) is -2.77. The molecule has 0 radical (unpaired) electrons. The van der Waals surface area contributed by atoms with Crippen LogP contribution in [0.5, 0.6) is 5.75 Å². The van der Waals surface area contributed by atoms with E-state index in [0.717, 1.165) is 24.4 Å². The molecule has 3 aromatic rings. The molecule has 4 rings (SSSR count). The molecule has 0 atom stereocenters. The van der Waals surface area contributed by atoms with Crippen molar-refractivity contribution in [1.82, 2.24) is 0 Å². The number of ketones is 1. The van der Waals surface area contributed by atoms with E-state index in [9.17, 15) is 22.0 Å². The standard InChI is InChI=1S/C23H17F2NO4S/c1-14-3-7-17(12-19(14)25)26-13-22(23(27)15-4-8-18(30-2)9-5-15)31(28,29)21-10-6-16(24)11-20(21)26/h3-13H,1-2H3. The van der Waals surface area contributed by atoms with Gasteiger partial charge in [0.15, 0.2) is 0 Å². The predicted octanol–water partition coefficient (Wildman–Crippen LogP) is 4.93. The van der Waals surface area contributed by atoms with Crippen LogP contribution in [0, 0.1) is 18.6 Å². The van der Waals surface area contributed by atoms with E-state index >= 15 is 0 Å². The van der Waals surface area contributed by atoms with Gasteiger partial charge in [0.1, 0.15) is 22.3 Å². The molecule has 5 nitrogen and oxygen atoms in total. The number of fused-ring (bicyclic) bond motifs is 1. The molecule has 1 aliphatic heterocycles. The fourth-order valence-electron chi connectivity index (χ4n) is 3.29. The quantitative estimate of drug-likeness (QED) is 0.424. The number of halogens is 2. The number of sulfone groups is 1. The first-order valence-corrected chi connectivity index (χ1v) is 10.7. The zero-order chi connectivity index (χ0) is 22.3. The van der Waals surface area contributed by atoms with Crippen molar-refractivity contribution < 1.29 is 26.7 Å². The van der Waals surface area contributed by atoms with E-state index in [1.165, 1.54) is 36.3 Å². The minimum Gasteiger partial charge on any atom is -0.497 e. The number of aryl methyl sites for hydroxylation is 1. The number of methoxy groups -OCH3 is 1. The van der Waals surface area contributed by atoms with Crippen LogP contribution in [0.4, 0.5) is 20.2 Å². The molecule has 8 heteroatoms. The van der Waals surface area contributed by atoms with Gasteiger partial charge in [0.2, 0.25) is 15.6 Å². The van der Waals surface area contributed by atoms with Gasteiger partial charge in [-0.1, -0.05) is 6.07 Å². The summed E-state index contributed by atoms with van der Waals surface area (Å²) in [6.45, 7) is 1.59. The van der Waals surface area contributed by atoms with Crippen molar-refractivity contribution in [3.63, 3.8) is 0 Å². The van der Waals surface area contributed by atoms with Gasteiger partial charge in [0, 0.05) is 17.5 Å². The maximum atomic E-state index is 14.2. The van der Waals surface area contributed by atoms with E-state index < -0.39 is 32.2 Å². The Morgan fingerprint density at radius 2 is 1.68 bits per heavy atom. The van der Waals surface area contributed by atoms with E-state index in [4.69, 9.17) is 4.74 Å². The minimum absolute atomic E-state index is 0.00506. The highest BCUT2D eigenvalue weighted by atomic mass is 32.2. The lowest BCUT2D eigenvalue weighted by molar-refractivity contribution is 0.104. The highest BCUT2D eigenvalue weighted by Gasteiger charge is 2.36. The number of hydrogen-bond acceptors (Lipinski definition) is 5. The van der Waals surface area contributed by atoms with Gasteiger partial charge in [-0.15, -0.1) is 0 Å². The van der Waals surface area contributed by atoms with Gasteiger partial charge in [-0.2, -0.15) is 0 Å². The third kappa shape index (κ3) is 3.59. The smallest absolute Gasteiger partial charge is 0.214 e. The first-order chi connectivity index (χ1) is 14.7. The van der Waals surface area contributed by atoms with Crippen molar-refractivity contribution in [2.75, 3.05) is 12.0 Å². The maximum absolute atomic E-state index is 14.2. The molecule has 0 spiro atoms. The monoisotopic (exact) mass is 441 g/mol. The number of carbonyl (C=O) groups excluding carboxylic acids is 1. The second kappa shape index (κ2) is 7.63. The average molecular weight is 441 g/mol. The third-order valence-electron chi connectivity index (χ3n) is 5.02. The molecule has 158 valence electrons. The summed E-state index contributed by atoms with van der Waals surface area (Å²) in [5.74, 6) is -1.41. The molecule has 0 fully saturated rings. The molecule has 0 N–H and O–H groups in total. The highest BCUT2D eigenvalue weighted by Crippen LogP contribution is 2.41. The fraction of sp³-hybridized carbons (Fsp3) is 0.0870. The molecule has 1 heterocycles. The number of carbonyl (C=O) groups is 1. The lowest BCUT2D eigenvalue weighted by Crippen LogP contribution is -2.26. The first kappa shape index (κ1) is 20.7. The van der Waals surface area contributed by atoms with Crippen LogP contribution in [0.3, 0.4) is 0 Å². The van der Waals surface area contributed by atoms with Crippen molar-refractivity contribution in [2.45, 2.75) is 11.8 Å². The summed E-state index contributed by atoms with van der Waals surface area (Å²) in [4.78, 5) is 13.7. The largest absolute Gasteiger partial charge is 0.497 e. The second-order valence-electron chi connectivity index (χ2n) is 6.97. The summed E-state index contributed by atoms with van der Waals surface area (Å²) in [5, 5.41) is 0. The van der Waals surface area contributed by atoms with Gasteiger partial charge in [-0.25, -0.2) is 17.2 Å². The van der Waals surface area contributed by atoms with E-state index in [2.05, 4.69) is 0 Å². The Hall–Kier alpha value is -3.52. The molecule has 0 amide bonds. The zero-order valence-corrected chi connectivity index (χ0v) is 17.4. The highest BCUT2D eigenvalue weighted by molar-refractivity contribution is 7.96. The molecule has 0 unspecified atom stereocenters. The lowest BCUT2D eigenvalue weighted by Gasteiger charge is -2.29. The molecule has 0 aromatic heterocycles. The van der Waals surface area contributed by atoms with Crippen molar-refractivity contribution in [1.29, 1.82) is 0 Å². The number of Topliss-reactive ketones (excluding diaryl/α,β-unsaturated/α-hetero) is 1. The number of benzene rings is 3. The van der Waals surface area contributed by atoms with Gasteiger partial charge < -0.3 is 9.64 Å². The van der Waals surface area contributed by atoms with Gasteiger partial charge >= 0.3 is 0 Å². The number of ether oxygens (including phenoxy) is 1. The van der Waals surface area contributed by atoms with Gasteiger partial charge in [-0.05, 0) is 67.1 Å². The molecule has 0 saturated heterocycles. The number of allylic oxidation sites excluding steroid dienone is 1. The normalized spacial score (nSPS) is 14.6. The molecule has 3 aromatic carbocycles. The molecule has 0 aliphatic carbocycles. The van der Waals surface area contributed by atoms with Crippen molar-refractivity contribution in [3.8, 4) is 5.75 Å². The van der Waals surface area contributed by atoms with Crippen LogP contribution in [0.1, 0.15) is 15.9 Å². The third-order valence-corrected chi connectivity index (χ3v) is 6.81. The molecule has 0 bridgehead atoms. The summed E-state index contributed by atoms with van der Waals surface area (Å²) < 4.78 is 59.7. The molecular weight excluding hydrogens is 424 g/mol. The molecule has 0 saturated carbocycles. The summed E-state index contributed by atoms with van der Waals surface area (Å²) in [5.41, 5.74) is 0.780. The summed E-state index contributed by atoms with van der Waals surface area (Å²) >= 11 is 0. The van der Waals surface area contributed by atoms with Crippen LogP contribution >= 0.6 is 0 Å². The van der Waals surface area contributed by atoms with Gasteiger partial charge in [0.25, 0.3) is 0 Å². The molecular formula is C23H17F2NO4S. The van der Waals surface area contributed by atoms with E-state index in [0.29, 0.717) is 11.3 Å². The van der Waals surface area contributed by atoms with Gasteiger partial charge in [-0.3, -0.25) is 4.79 Å². The Morgan fingerprint density at radius 3 is 2.32 bits per heavy atom. The van der Waals surface area contributed by atoms with Crippen LogP contribution in [-0.4, -0.2) is 21.3 Å². The Bertz CT molecular complexity index is 1330. The Balaban J connectivity index is 1.91. The number of hydrogen-bond donors (Lipinski definition) is 0. The Labute approximate surface area is 178 Å². The van der Waals surface area contributed by atoms with Gasteiger partial charge in [0.05, 0.1) is 17.7 Å². The number of rotatable bonds is 4. The number of anilines is 2. The SMILES string of the molecule is COc1ccc(C(=O)C2=CN(c3ccc(C)c(F)c3)c3cc(F)ccc3S2(=O)=O)cc1. The zero-order valence-electron chi connectivity index (χ0n) is 16.6. The van der Waals surface area contributed by atoms with Crippen LogP contribution in [0.15, 0.2) is 76.7 Å². The predicted molar refractivity (Wildman–Crippen MR) is 112 cm³/mol. The van der Waals surface area contributed by atoms with Crippen LogP contribution in [-0.2, 0) is 9.84 Å². The van der Waals surface area contributed by atoms with Crippen molar-refractivity contribution in [3.05, 3.63) is 94.5 Å². The Kier molecular flexibility index (Phi) is 5.10. The van der Waals surface area contributed by atoms with Crippen LogP contribution in [0.25, 0.3) is 0 Å². The van der Waals surface area contributed by atoms with E-state index in [1.807, 2.05) is 0 Å². The average Bonchev–Trinajstić information content (AvgIpc) is 2.75. The second-order valence-corrected chi connectivity index (χ2v) is 8.86.